The molecule has 0 N–H and O–H groups in total. The highest BCUT2D eigenvalue weighted by molar-refractivity contribution is 5.84. The summed E-state index contributed by atoms with van der Waals surface area (Å²) in [7, 11) is 0. The average molecular weight is 381 g/mol. The van der Waals surface area contributed by atoms with Gasteiger partial charge >= 0.3 is 0 Å². The second-order valence-electron chi connectivity index (χ2n) is 7.47. The van der Waals surface area contributed by atoms with Crippen molar-refractivity contribution >= 4 is 5.78 Å². The van der Waals surface area contributed by atoms with Crippen LogP contribution in [0.3, 0.4) is 0 Å². The molecule has 6 heteroatoms. The third-order valence-electron chi connectivity index (χ3n) is 5.66. The van der Waals surface area contributed by atoms with Gasteiger partial charge in [-0.2, -0.15) is 0 Å². The first-order chi connectivity index (χ1) is 13.8. The van der Waals surface area contributed by atoms with Gasteiger partial charge in [-0.15, -0.1) is 0 Å². The van der Waals surface area contributed by atoms with Crippen molar-refractivity contribution in [3.63, 3.8) is 0 Å². The minimum absolute atomic E-state index is 0.000525. The number of nitrogens with zero attached hydrogens (tertiary/aromatic N) is 1. The molecule has 0 bridgehead atoms. The predicted octanol–water partition coefficient (Wildman–Crippen LogP) is 3.31. The van der Waals surface area contributed by atoms with Crippen molar-refractivity contribution < 1.29 is 23.7 Å². The number of carbonyl (C=O) groups is 1. The fourth-order valence-electron chi connectivity index (χ4n) is 4.18. The Labute approximate surface area is 163 Å². The van der Waals surface area contributed by atoms with E-state index in [2.05, 4.69) is 11.0 Å². The molecule has 3 heterocycles. The largest absolute Gasteiger partial charge is 0.454 e. The Morgan fingerprint density at radius 2 is 1.54 bits per heavy atom. The first kappa shape index (κ1) is 17.4. The molecule has 1 unspecified atom stereocenters. The molecule has 0 radical (unpaired) electrons. The number of hydrogen-bond donors (Lipinski definition) is 0. The van der Waals surface area contributed by atoms with Crippen LogP contribution in [0.1, 0.15) is 30.4 Å². The average Bonchev–Trinajstić information content (AvgIpc) is 3.45. The fourth-order valence-corrected chi connectivity index (χ4v) is 4.18. The molecule has 146 valence electrons. The molecule has 1 saturated heterocycles. The van der Waals surface area contributed by atoms with E-state index in [0.29, 0.717) is 12.2 Å². The summed E-state index contributed by atoms with van der Waals surface area (Å²) < 4.78 is 21.6. The van der Waals surface area contributed by atoms with Crippen molar-refractivity contribution in [1.29, 1.82) is 0 Å². The Morgan fingerprint density at radius 3 is 2.29 bits per heavy atom. The molecule has 2 aromatic carbocycles. The predicted molar refractivity (Wildman–Crippen MR) is 102 cm³/mol. The molecule has 0 aliphatic carbocycles. The van der Waals surface area contributed by atoms with E-state index in [1.807, 2.05) is 30.3 Å². The van der Waals surface area contributed by atoms with Crippen LogP contribution in [0.4, 0.5) is 0 Å². The van der Waals surface area contributed by atoms with Gasteiger partial charge in [0.2, 0.25) is 13.6 Å². The van der Waals surface area contributed by atoms with Gasteiger partial charge in [-0.3, -0.25) is 9.69 Å². The van der Waals surface area contributed by atoms with Crippen molar-refractivity contribution in [2.75, 3.05) is 20.1 Å². The maximum atomic E-state index is 12.9. The van der Waals surface area contributed by atoms with Crippen molar-refractivity contribution in [3.8, 4) is 23.0 Å². The molecular formula is C22H23NO5. The van der Waals surface area contributed by atoms with Gasteiger partial charge in [0.15, 0.2) is 23.0 Å². The summed E-state index contributed by atoms with van der Waals surface area (Å²) in [5.74, 6) is 3.45. The third kappa shape index (κ3) is 3.40. The normalized spacial score (nSPS) is 19.9. The van der Waals surface area contributed by atoms with Gasteiger partial charge < -0.3 is 18.9 Å². The Morgan fingerprint density at radius 1 is 0.893 bits per heavy atom. The van der Waals surface area contributed by atoms with Gasteiger partial charge in [-0.05, 0) is 61.2 Å². The molecular weight excluding hydrogens is 358 g/mol. The van der Waals surface area contributed by atoms with Crippen LogP contribution in [0.25, 0.3) is 0 Å². The molecule has 0 spiro atoms. The summed E-state index contributed by atoms with van der Waals surface area (Å²) in [5, 5.41) is 0. The summed E-state index contributed by atoms with van der Waals surface area (Å²) in [6.45, 7) is 2.27. The molecule has 5 rings (SSSR count). The summed E-state index contributed by atoms with van der Waals surface area (Å²) in [4.78, 5) is 15.2. The number of Topliss-reactive ketones (excluding diaryl/α,β-unsaturated/α-hetero) is 1. The molecule has 0 amide bonds. The van der Waals surface area contributed by atoms with E-state index in [-0.39, 0.29) is 19.6 Å². The standard InChI is InChI=1S/C22H23NO5/c24-18(6-3-15-4-7-19-21(10-15)27-13-25-19)17-2-1-9-23(17)12-16-5-8-20-22(11-16)28-14-26-20/h4-5,7-8,10-11,17H,1-3,6,9,12-14H2. The van der Waals surface area contributed by atoms with Crippen LogP contribution >= 0.6 is 0 Å². The van der Waals surface area contributed by atoms with Gasteiger partial charge in [0.05, 0.1) is 6.04 Å². The number of aryl methyl sites for hydroxylation is 1. The highest BCUT2D eigenvalue weighted by atomic mass is 16.7. The van der Waals surface area contributed by atoms with Gasteiger partial charge in [0, 0.05) is 13.0 Å². The van der Waals surface area contributed by atoms with E-state index < -0.39 is 0 Å². The first-order valence-electron chi connectivity index (χ1n) is 9.80. The minimum atomic E-state index is -0.000525. The number of benzene rings is 2. The zero-order valence-electron chi connectivity index (χ0n) is 15.7. The second kappa shape index (κ2) is 7.36. The number of carbonyl (C=O) groups excluding carboxylic acids is 1. The Bertz CT molecular complexity index is 896. The zero-order chi connectivity index (χ0) is 18.9. The maximum absolute atomic E-state index is 12.9. The number of rotatable bonds is 6. The Kier molecular flexibility index (Phi) is 4.56. The number of likely N-dealkylation sites (tertiary alicyclic amines) is 1. The Balaban J connectivity index is 1.20. The molecule has 3 aliphatic rings. The van der Waals surface area contributed by atoms with Crippen molar-refractivity contribution in [2.45, 2.75) is 38.3 Å². The highest BCUT2D eigenvalue weighted by Crippen LogP contribution is 2.34. The summed E-state index contributed by atoms with van der Waals surface area (Å²) >= 11 is 0. The lowest BCUT2D eigenvalue weighted by Gasteiger charge is -2.23. The van der Waals surface area contributed by atoms with E-state index in [1.54, 1.807) is 0 Å². The van der Waals surface area contributed by atoms with Crippen LogP contribution in [0.2, 0.25) is 0 Å². The topological polar surface area (TPSA) is 57.2 Å². The summed E-state index contributed by atoms with van der Waals surface area (Å²) in [5.41, 5.74) is 2.26. The smallest absolute Gasteiger partial charge is 0.231 e. The minimum Gasteiger partial charge on any atom is -0.454 e. The fraction of sp³-hybridized carbons (Fsp3) is 0.409. The van der Waals surface area contributed by atoms with Gasteiger partial charge in [-0.25, -0.2) is 0 Å². The molecule has 28 heavy (non-hydrogen) atoms. The van der Waals surface area contributed by atoms with E-state index in [0.717, 1.165) is 66.5 Å². The number of ketones is 1. The van der Waals surface area contributed by atoms with Crippen molar-refractivity contribution in [1.82, 2.24) is 4.90 Å². The van der Waals surface area contributed by atoms with Crippen LogP contribution in [0.15, 0.2) is 36.4 Å². The van der Waals surface area contributed by atoms with Crippen LogP contribution in [-0.2, 0) is 17.8 Å². The molecule has 0 aromatic heterocycles. The monoisotopic (exact) mass is 381 g/mol. The maximum Gasteiger partial charge on any atom is 0.231 e. The molecule has 1 fully saturated rings. The van der Waals surface area contributed by atoms with E-state index >= 15 is 0 Å². The van der Waals surface area contributed by atoms with Gasteiger partial charge in [-0.1, -0.05) is 12.1 Å². The van der Waals surface area contributed by atoms with E-state index in [4.69, 9.17) is 18.9 Å². The van der Waals surface area contributed by atoms with E-state index in [1.165, 1.54) is 0 Å². The molecule has 6 nitrogen and oxygen atoms in total. The number of ether oxygens (including phenoxy) is 4. The lowest BCUT2D eigenvalue weighted by molar-refractivity contribution is -0.123. The quantitative estimate of drug-likeness (QED) is 0.765. The summed E-state index contributed by atoms with van der Waals surface area (Å²) in [6, 6.07) is 11.9. The molecule has 1 atom stereocenters. The highest BCUT2D eigenvalue weighted by Gasteiger charge is 2.30. The van der Waals surface area contributed by atoms with Crippen molar-refractivity contribution in [3.05, 3.63) is 47.5 Å². The lowest BCUT2D eigenvalue weighted by Crippen LogP contribution is -2.35. The number of fused-ring (bicyclic) bond motifs is 2. The van der Waals surface area contributed by atoms with Crippen LogP contribution in [0.5, 0.6) is 23.0 Å². The van der Waals surface area contributed by atoms with Crippen LogP contribution in [-0.4, -0.2) is 36.9 Å². The van der Waals surface area contributed by atoms with Gasteiger partial charge in [0.1, 0.15) is 5.78 Å². The summed E-state index contributed by atoms with van der Waals surface area (Å²) in [6.07, 6.45) is 3.27. The zero-order valence-corrected chi connectivity index (χ0v) is 15.7. The Hall–Kier alpha value is -2.73. The van der Waals surface area contributed by atoms with Crippen LogP contribution < -0.4 is 18.9 Å². The van der Waals surface area contributed by atoms with Crippen LogP contribution in [0, 0.1) is 0 Å². The molecule has 3 aliphatic heterocycles. The molecule has 0 saturated carbocycles. The molecule has 2 aromatic rings. The van der Waals surface area contributed by atoms with Crippen molar-refractivity contribution in [2.24, 2.45) is 0 Å². The lowest BCUT2D eigenvalue weighted by atomic mass is 10.0. The second-order valence-corrected chi connectivity index (χ2v) is 7.47. The first-order valence-corrected chi connectivity index (χ1v) is 9.80. The van der Waals surface area contributed by atoms with E-state index in [9.17, 15) is 4.79 Å². The van der Waals surface area contributed by atoms with Gasteiger partial charge in [0.25, 0.3) is 0 Å². The SMILES string of the molecule is O=C(CCc1ccc2c(c1)OCO2)C1CCCN1Cc1ccc2c(c1)OCO2. The number of hydrogen-bond acceptors (Lipinski definition) is 6. The third-order valence-corrected chi connectivity index (χ3v) is 5.66.